The molecule has 0 aliphatic carbocycles. The number of hydrogen-bond donors (Lipinski definition) is 3. The van der Waals surface area contributed by atoms with Crippen molar-refractivity contribution < 1.29 is 36.2 Å². The summed E-state index contributed by atoms with van der Waals surface area (Å²) in [4.78, 5) is 18.5. The van der Waals surface area contributed by atoms with Gasteiger partial charge in [0.2, 0.25) is 0 Å². The van der Waals surface area contributed by atoms with Crippen LogP contribution in [0.4, 0.5) is 30.4 Å². The molecule has 0 bridgehead atoms. The van der Waals surface area contributed by atoms with Gasteiger partial charge in [-0.2, -0.15) is 0 Å². The van der Waals surface area contributed by atoms with Gasteiger partial charge < -0.3 is 20.1 Å². The van der Waals surface area contributed by atoms with Crippen LogP contribution in [0.5, 0.6) is 5.75 Å². The lowest BCUT2D eigenvalue weighted by molar-refractivity contribution is -0.122. The van der Waals surface area contributed by atoms with Gasteiger partial charge in [-0.3, -0.25) is 9.52 Å². The predicted molar refractivity (Wildman–Crippen MR) is 163 cm³/mol. The molecule has 1 saturated heterocycles. The smallest absolute Gasteiger partial charge is 0.290 e. The predicted octanol–water partition coefficient (Wildman–Crippen LogP) is 5.92. The molecule has 1 aromatic heterocycles. The minimum absolute atomic E-state index is 0.178. The molecule has 3 aromatic carbocycles. The Kier molecular flexibility index (Phi) is 11.3. The molecule has 3 N–H and O–H groups in total. The van der Waals surface area contributed by atoms with Crippen molar-refractivity contribution in [2.75, 3.05) is 36.8 Å². The minimum atomic E-state index is -4.26. The van der Waals surface area contributed by atoms with Crippen LogP contribution in [0.3, 0.4) is 0 Å². The Balaban J connectivity index is 0.00000148. The van der Waals surface area contributed by atoms with Crippen LogP contribution in [0.15, 0.2) is 78.0 Å². The molecule has 1 aliphatic heterocycles. The summed E-state index contributed by atoms with van der Waals surface area (Å²) in [7, 11) is -2.14. The van der Waals surface area contributed by atoms with E-state index in [0.717, 1.165) is 44.5 Å². The maximum atomic E-state index is 14.8. The highest BCUT2D eigenvalue weighted by atomic mass is 32.2. The molecule has 0 atom stereocenters. The average Bonchev–Trinajstić information content (AvgIpc) is 3.00. The number of sulfonamides is 1. The number of anilines is 3. The van der Waals surface area contributed by atoms with Crippen molar-refractivity contribution in [3.05, 3.63) is 90.5 Å². The van der Waals surface area contributed by atoms with Gasteiger partial charge in [-0.05, 0) is 99.9 Å². The summed E-state index contributed by atoms with van der Waals surface area (Å²) in [6.45, 7) is 2.38. The second-order valence-electron chi connectivity index (χ2n) is 10.3. The zero-order valence-electron chi connectivity index (χ0n) is 24.3. The first-order valence-electron chi connectivity index (χ1n) is 13.9. The lowest BCUT2D eigenvalue weighted by Crippen LogP contribution is -2.30. The van der Waals surface area contributed by atoms with E-state index in [1.807, 2.05) is 0 Å². The fourth-order valence-electron chi connectivity index (χ4n) is 4.72. The van der Waals surface area contributed by atoms with E-state index in [1.54, 1.807) is 30.3 Å². The van der Waals surface area contributed by atoms with Crippen LogP contribution in [0.25, 0.3) is 11.3 Å². The maximum Gasteiger partial charge on any atom is 0.290 e. The molecule has 2 heterocycles. The number of rotatable bonds is 10. The zero-order valence-corrected chi connectivity index (χ0v) is 25.1. The van der Waals surface area contributed by atoms with E-state index < -0.39 is 32.4 Å². The highest BCUT2D eigenvalue weighted by molar-refractivity contribution is 7.92. The summed E-state index contributed by atoms with van der Waals surface area (Å²) in [6.07, 6.45) is 4.51. The van der Waals surface area contributed by atoms with Crippen molar-refractivity contribution in [3.63, 3.8) is 0 Å². The van der Waals surface area contributed by atoms with Crippen molar-refractivity contribution in [2.24, 2.45) is 5.92 Å². The average molecular weight is 644 g/mol. The van der Waals surface area contributed by atoms with Crippen molar-refractivity contribution in [1.82, 2.24) is 14.9 Å². The Morgan fingerprint density at radius 2 is 1.64 bits per heavy atom. The van der Waals surface area contributed by atoms with Crippen molar-refractivity contribution in [1.29, 1.82) is 0 Å². The Morgan fingerprint density at radius 1 is 0.956 bits per heavy atom. The van der Waals surface area contributed by atoms with Gasteiger partial charge in [0.15, 0.2) is 11.6 Å². The van der Waals surface area contributed by atoms with E-state index in [9.17, 15) is 21.6 Å². The van der Waals surface area contributed by atoms with Gasteiger partial charge in [0.25, 0.3) is 16.5 Å². The van der Waals surface area contributed by atoms with Crippen molar-refractivity contribution >= 4 is 33.7 Å². The molecule has 45 heavy (non-hydrogen) atoms. The number of carbonyl (C=O) groups is 1. The van der Waals surface area contributed by atoms with Crippen LogP contribution in [0, 0.1) is 23.4 Å². The van der Waals surface area contributed by atoms with E-state index in [2.05, 4.69) is 32.0 Å². The highest BCUT2D eigenvalue weighted by Gasteiger charge is 2.20. The largest absolute Gasteiger partial charge is 0.491 e. The van der Waals surface area contributed by atoms with E-state index in [1.165, 1.54) is 24.5 Å². The monoisotopic (exact) mass is 643 g/mol. The van der Waals surface area contributed by atoms with E-state index in [-0.39, 0.29) is 17.9 Å². The number of nitrogens with one attached hydrogen (secondary N) is 2. The summed E-state index contributed by atoms with van der Waals surface area (Å²) < 4.78 is 75.0. The third-order valence-corrected chi connectivity index (χ3v) is 8.52. The van der Waals surface area contributed by atoms with Crippen LogP contribution >= 0.6 is 0 Å². The van der Waals surface area contributed by atoms with Crippen LogP contribution in [-0.2, 0) is 14.8 Å². The second-order valence-corrected chi connectivity index (χ2v) is 12.0. The molecule has 4 aromatic rings. The summed E-state index contributed by atoms with van der Waals surface area (Å²) in [5, 5.41) is 9.98. The van der Waals surface area contributed by atoms with Gasteiger partial charge in [-0.1, -0.05) is 0 Å². The standard InChI is InChI=1S/C30H30F3N5O3S.CH2O2/c1-38-13-10-20(11-14-38)12-15-41-28-8-2-21(16-25(28)32)27-18-30(35-19-34-27)36-23-4-6-24(7-5-23)37-42(39,40)29-9-3-22(31)17-26(29)33;2-1-3/h2-9,16-20,37H,10-15H2,1H3,(H,34,35,36);1H,(H,2,3). The molecule has 10 nitrogen and oxygen atoms in total. The molecule has 0 unspecified atom stereocenters. The summed E-state index contributed by atoms with van der Waals surface area (Å²) in [5.74, 6) is -1.30. The van der Waals surface area contributed by atoms with Gasteiger partial charge in [-0.25, -0.2) is 31.6 Å². The number of nitrogens with zero attached hydrogens (tertiary/aromatic N) is 3. The molecule has 238 valence electrons. The number of likely N-dealkylation sites (tertiary alicyclic amines) is 1. The first-order valence-corrected chi connectivity index (χ1v) is 15.4. The summed E-state index contributed by atoms with van der Waals surface area (Å²) in [5.41, 5.74) is 1.81. The van der Waals surface area contributed by atoms with E-state index in [4.69, 9.17) is 14.6 Å². The first kappa shape index (κ1) is 33.2. The number of piperidine rings is 1. The quantitative estimate of drug-likeness (QED) is 0.180. The van der Waals surface area contributed by atoms with Crippen molar-refractivity contribution in [3.8, 4) is 17.0 Å². The third-order valence-electron chi connectivity index (χ3n) is 7.11. The lowest BCUT2D eigenvalue weighted by atomic mass is 9.94. The van der Waals surface area contributed by atoms with Gasteiger partial charge in [0.1, 0.15) is 28.7 Å². The normalized spacial score (nSPS) is 13.8. The zero-order chi connectivity index (χ0) is 32.4. The first-order chi connectivity index (χ1) is 21.6. The molecule has 0 radical (unpaired) electrons. The number of carboxylic acid groups (broad SMARTS) is 1. The highest BCUT2D eigenvalue weighted by Crippen LogP contribution is 2.28. The number of ether oxygens (including phenoxy) is 1. The molecule has 14 heteroatoms. The van der Waals surface area contributed by atoms with Crippen LogP contribution < -0.4 is 14.8 Å². The maximum absolute atomic E-state index is 14.8. The Bertz CT molecular complexity index is 1700. The number of halogens is 3. The summed E-state index contributed by atoms with van der Waals surface area (Å²) in [6, 6.07) is 14.8. The molecule has 0 spiro atoms. The number of hydrogen-bond acceptors (Lipinski definition) is 8. The molecule has 0 amide bonds. The lowest BCUT2D eigenvalue weighted by Gasteiger charge is -2.28. The van der Waals surface area contributed by atoms with Gasteiger partial charge in [0.05, 0.1) is 12.3 Å². The molecule has 0 saturated carbocycles. The van der Waals surface area contributed by atoms with E-state index >= 15 is 0 Å². The minimum Gasteiger partial charge on any atom is -0.491 e. The Morgan fingerprint density at radius 3 is 2.31 bits per heavy atom. The summed E-state index contributed by atoms with van der Waals surface area (Å²) >= 11 is 0. The topological polar surface area (TPSA) is 134 Å². The fraction of sp³-hybridized carbons (Fsp3) is 0.258. The van der Waals surface area contributed by atoms with Gasteiger partial charge >= 0.3 is 0 Å². The SMILES string of the molecule is CN1CCC(CCOc2ccc(-c3cc(Nc4ccc(NS(=O)(=O)c5ccc(F)cc5F)cc4)ncn3)cc2F)CC1.O=CO. The molecule has 5 rings (SSSR count). The van der Waals surface area contributed by atoms with Crippen LogP contribution in [0.2, 0.25) is 0 Å². The van der Waals surface area contributed by atoms with Crippen LogP contribution in [0.1, 0.15) is 19.3 Å². The van der Waals surface area contributed by atoms with Gasteiger partial charge in [0, 0.05) is 29.1 Å². The number of benzene rings is 3. The third kappa shape index (κ3) is 9.40. The fourth-order valence-corrected chi connectivity index (χ4v) is 5.84. The van der Waals surface area contributed by atoms with E-state index in [0.29, 0.717) is 41.4 Å². The molecular formula is C31H32F3N5O5S. The Hall–Kier alpha value is -4.69. The second kappa shape index (κ2) is 15.3. The number of aromatic nitrogens is 2. The van der Waals surface area contributed by atoms with Crippen LogP contribution in [-0.4, -0.2) is 61.6 Å². The van der Waals surface area contributed by atoms with Crippen molar-refractivity contribution in [2.45, 2.75) is 24.2 Å². The molecule has 1 aliphatic rings. The molecular weight excluding hydrogens is 611 g/mol. The molecule has 1 fully saturated rings. The Labute approximate surface area is 259 Å². The van der Waals surface area contributed by atoms with Gasteiger partial charge in [-0.15, -0.1) is 0 Å².